The molecule has 0 aliphatic rings. The normalized spacial score (nSPS) is 15.8. The molecule has 0 rings (SSSR count). The van der Waals surface area contributed by atoms with Crippen molar-refractivity contribution < 1.29 is 13.0 Å². The zero-order valence-corrected chi connectivity index (χ0v) is 14.3. The Bertz CT molecular complexity index is 193. The minimum Gasteiger partial charge on any atom is -0.456 e. The van der Waals surface area contributed by atoms with Gasteiger partial charge >= 0.3 is 8.56 Å². The molecule has 3 nitrogen and oxygen atoms in total. The fraction of sp³-hybridized carbons (Fsp3) is 1.00. The highest BCUT2D eigenvalue weighted by molar-refractivity contribution is 6.92. The Kier molecular flexibility index (Phi) is 5.94. The lowest BCUT2D eigenvalue weighted by atomic mass is 10.9. The van der Waals surface area contributed by atoms with Crippen LogP contribution in [0.5, 0.6) is 0 Å². The second-order valence-corrected chi connectivity index (χ2v) is 15.8. The maximum atomic E-state index is 6.16. The summed E-state index contributed by atoms with van der Waals surface area (Å²) in [4.78, 5) is 0. The van der Waals surface area contributed by atoms with Gasteiger partial charge in [0.2, 0.25) is 0 Å². The topological polar surface area (TPSA) is 27.7 Å². The summed E-state index contributed by atoms with van der Waals surface area (Å²) in [6, 6.07) is 0. The van der Waals surface area contributed by atoms with Crippen LogP contribution in [0.2, 0.25) is 37.9 Å². The molecule has 0 amide bonds. The van der Waals surface area contributed by atoms with Gasteiger partial charge in [-0.1, -0.05) is 6.92 Å². The minimum atomic E-state index is -2.05. The van der Waals surface area contributed by atoms with Crippen LogP contribution in [-0.4, -0.2) is 40.1 Å². The minimum absolute atomic E-state index is 0.430. The lowest BCUT2D eigenvalue weighted by Gasteiger charge is -2.39. The predicted molar refractivity (Wildman–Crippen MR) is 71.1 cm³/mol. The number of rotatable bonds is 6. The van der Waals surface area contributed by atoms with Crippen molar-refractivity contribution in [2.45, 2.75) is 44.8 Å². The Hall–Kier alpha value is 0.531. The average Bonchev–Trinajstić information content (AvgIpc) is 2.13. The van der Waals surface area contributed by atoms with Gasteiger partial charge in [0, 0.05) is 19.4 Å². The van der Waals surface area contributed by atoms with E-state index in [1.807, 2.05) is 0 Å². The summed E-state index contributed by atoms with van der Waals surface area (Å²) < 4.78 is 17.4. The smallest absolute Gasteiger partial charge is 0.336 e. The monoisotopic (exact) mass is 265 g/mol. The van der Waals surface area contributed by atoms with E-state index in [-0.39, 0.29) is 0 Å². The third-order valence-electron chi connectivity index (χ3n) is 3.11. The van der Waals surface area contributed by atoms with E-state index in [1.165, 1.54) is 0 Å². The summed E-state index contributed by atoms with van der Waals surface area (Å²) in [6.07, 6.45) is 0. The molecule has 1 radical (unpaired) electrons. The Balaban J connectivity index is 4.72. The first kappa shape index (κ1) is 15.5. The van der Waals surface area contributed by atoms with Gasteiger partial charge in [-0.25, -0.2) is 0 Å². The van der Waals surface area contributed by atoms with E-state index in [0.29, 0.717) is 5.16 Å². The van der Waals surface area contributed by atoms with Gasteiger partial charge in [-0.3, -0.25) is 0 Å². The van der Waals surface area contributed by atoms with Crippen molar-refractivity contribution in [3.63, 3.8) is 0 Å². The van der Waals surface area contributed by atoms with Crippen LogP contribution in [0, 0.1) is 0 Å². The Morgan fingerprint density at radius 2 is 1.40 bits per heavy atom. The third kappa shape index (κ3) is 4.12. The van der Waals surface area contributed by atoms with Gasteiger partial charge in [0.25, 0.3) is 0 Å². The Labute approximate surface area is 98.2 Å². The lowest BCUT2D eigenvalue weighted by Crippen LogP contribution is -2.54. The van der Waals surface area contributed by atoms with Crippen molar-refractivity contribution in [3.8, 4) is 0 Å². The maximum Gasteiger partial charge on any atom is 0.336 e. The van der Waals surface area contributed by atoms with E-state index >= 15 is 0 Å². The molecule has 1 atom stereocenters. The van der Waals surface area contributed by atoms with Crippen molar-refractivity contribution in [1.29, 1.82) is 0 Å². The fourth-order valence-corrected chi connectivity index (χ4v) is 13.8. The van der Waals surface area contributed by atoms with Crippen LogP contribution in [-0.2, 0) is 13.0 Å². The van der Waals surface area contributed by atoms with Crippen LogP contribution < -0.4 is 0 Å². The van der Waals surface area contributed by atoms with Gasteiger partial charge in [-0.2, -0.15) is 0 Å². The van der Waals surface area contributed by atoms with Crippen molar-refractivity contribution in [3.05, 3.63) is 0 Å². The van der Waals surface area contributed by atoms with Crippen LogP contribution in [0.15, 0.2) is 0 Å². The largest absolute Gasteiger partial charge is 0.456 e. The summed E-state index contributed by atoms with van der Waals surface area (Å²) in [5.41, 5.74) is 0. The standard InChI is InChI=1S/C9H25O3Si3/c1-9(15(8,10-2)11-3)14(6,7)12-13(4)5/h9H,1-8H3. The summed E-state index contributed by atoms with van der Waals surface area (Å²) in [7, 11) is -0.878. The molecule has 0 aliphatic carbocycles. The molecular weight excluding hydrogens is 240 g/mol. The summed E-state index contributed by atoms with van der Waals surface area (Å²) in [6.45, 7) is 13.2. The molecule has 0 aromatic heterocycles. The van der Waals surface area contributed by atoms with Gasteiger partial charge in [0.15, 0.2) is 17.4 Å². The predicted octanol–water partition coefficient (Wildman–Crippen LogP) is 2.75. The SMILES string of the molecule is CO[Si](C)(OC)C(C)[Si](C)(C)O[Si](C)C. The van der Waals surface area contributed by atoms with Crippen molar-refractivity contribution in [2.24, 2.45) is 0 Å². The molecule has 6 heteroatoms. The lowest BCUT2D eigenvalue weighted by molar-refractivity contribution is 0.244. The molecule has 0 aliphatic heterocycles. The third-order valence-corrected chi connectivity index (χ3v) is 15.8. The highest BCUT2D eigenvalue weighted by Crippen LogP contribution is 2.33. The second kappa shape index (κ2) is 5.74. The average molecular weight is 266 g/mol. The van der Waals surface area contributed by atoms with E-state index < -0.39 is 25.9 Å². The molecule has 0 aromatic rings. The molecule has 0 N–H and O–H groups in total. The molecule has 0 heterocycles. The van der Waals surface area contributed by atoms with E-state index in [1.54, 1.807) is 14.2 Å². The van der Waals surface area contributed by atoms with Gasteiger partial charge < -0.3 is 13.0 Å². The Morgan fingerprint density at radius 3 is 1.67 bits per heavy atom. The maximum absolute atomic E-state index is 6.16. The van der Waals surface area contributed by atoms with E-state index in [9.17, 15) is 0 Å². The van der Waals surface area contributed by atoms with Crippen LogP contribution >= 0.6 is 0 Å². The highest BCUT2D eigenvalue weighted by atomic mass is 28.4. The van der Waals surface area contributed by atoms with Crippen molar-refractivity contribution >= 4 is 25.9 Å². The van der Waals surface area contributed by atoms with Crippen LogP contribution in [0.3, 0.4) is 0 Å². The van der Waals surface area contributed by atoms with Crippen LogP contribution in [0.4, 0.5) is 0 Å². The first-order chi connectivity index (χ1) is 6.69. The van der Waals surface area contributed by atoms with Crippen molar-refractivity contribution in [1.82, 2.24) is 0 Å². The van der Waals surface area contributed by atoms with Crippen molar-refractivity contribution in [2.75, 3.05) is 14.2 Å². The summed E-state index contributed by atoms with van der Waals surface area (Å²) in [5.74, 6) is 0. The fourth-order valence-electron chi connectivity index (χ4n) is 1.68. The molecular formula is C9H25O3Si3. The van der Waals surface area contributed by atoms with E-state index in [2.05, 4.69) is 39.7 Å². The van der Waals surface area contributed by atoms with E-state index in [0.717, 1.165) is 0 Å². The molecule has 15 heavy (non-hydrogen) atoms. The molecule has 0 saturated heterocycles. The zero-order chi connectivity index (χ0) is 12.3. The molecule has 0 bridgehead atoms. The molecule has 0 saturated carbocycles. The quantitative estimate of drug-likeness (QED) is 0.691. The number of hydrogen-bond donors (Lipinski definition) is 0. The summed E-state index contributed by atoms with van der Waals surface area (Å²) in [5, 5.41) is 0.430. The summed E-state index contributed by atoms with van der Waals surface area (Å²) >= 11 is 0. The van der Waals surface area contributed by atoms with Gasteiger partial charge in [-0.15, -0.1) is 0 Å². The molecule has 0 aromatic carbocycles. The molecule has 1 unspecified atom stereocenters. The van der Waals surface area contributed by atoms with Gasteiger partial charge in [0.1, 0.15) is 0 Å². The molecule has 0 fully saturated rings. The first-order valence-corrected chi connectivity index (χ1v) is 13.1. The van der Waals surface area contributed by atoms with Gasteiger partial charge in [0.05, 0.1) is 0 Å². The van der Waals surface area contributed by atoms with Gasteiger partial charge in [-0.05, 0) is 32.7 Å². The van der Waals surface area contributed by atoms with Crippen LogP contribution in [0.1, 0.15) is 6.92 Å². The molecule has 91 valence electrons. The highest BCUT2D eigenvalue weighted by Gasteiger charge is 2.47. The van der Waals surface area contributed by atoms with Crippen LogP contribution in [0.25, 0.3) is 0 Å². The van der Waals surface area contributed by atoms with E-state index in [4.69, 9.17) is 13.0 Å². The number of hydrogen-bond acceptors (Lipinski definition) is 3. The first-order valence-electron chi connectivity index (χ1n) is 5.29. The molecule has 0 spiro atoms. The Morgan fingerprint density at radius 1 is 1.00 bits per heavy atom. The zero-order valence-electron chi connectivity index (χ0n) is 11.3. The second-order valence-electron chi connectivity index (χ2n) is 4.76.